The quantitative estimate of drug-likeness (QED) is 0.640. The lowest BCUT2D eigenvalue weighted by molar-refractivity contribution is -0.122. The van der Waals surface area contributed by atoms with Gasteiger partial charge < -0.3 is 15.5 Å². The third-order valence-corrected chi connectivity index (χ3v) is 8.01. The molecule has 0 spiro atoms. The molecule has 0 atom stereocenters. The Labute approximate surface area is 209 Å². The smallest absolute Gasteiger partial charge is 0.251 e. The second-order valence-corrected chi connectivity index (χ2v) is 10.6. The molecule has 1 saturated carbocycles. The lowest BCUT2D eigenvalue weighted by atomic mass is 9.80. The molecular weight excluding hydrogens is 436 g/mol. The van der Waals surface area contributed by atoms with Crippen molar-refractivity contribution in [3.63, 3.8) is 0 Å². The molecule has 1 aliphatic carbocycles. The zero-order valence-corrected chi connectivity index (χ0v) is 20.8. The molecule has 186 valence electrons. The Balaban J connectivity index is 0.998. The Morgan fingerprint density at radius 2 is 1.66 bits per heavy atom. The van der Waals surface area contributed by atoms with Gasteiger partial charge in [0.1, 0.15) is 0 Å². The van der Waals surface area contributed by atoms with Crippen LogP contribution in [0.5, 0.6) is 0 Å². The second kappa shape index (κ2) is 10.8. The minimum atomic E-state index is -0.207. The van der Waals surface area contributed by atoms with E-state index >= 15 is 0 Å². The number of hydrogen-bond donors (Lipinski definition) is 2. The first-order valence-electron chi connectivity index (χ1n) is 13.3. The van der Waals surface area contributed by atoms with Gasteiger partial charge in [-0.15, -0.1) is 0 Å². The lowest BCUT2D eigenvalue weighted by Gasteiger charge is -2.46. The van der Waals surface area contributed by atoms with Crippen molar-refractivity contribution in [3.05, 3.63) is 65.2 Å². The summed E-state index contributed by atoms with van der Waals surface area (Å²) in [6.07, 6.45) is 7.57. The first kappa shape index (κ1) is 23.9. The van der Waals surface area contributed by atoms with Crippen molar-refractivity contribution < 1.29 is 9.59 Å². The number of nitrogens with one attached hydrogen (secondary N) is 2. The van der Waals surface area contributed by atoms with E-state index in [1.54, 1.807) is 6.07 Å². The van der Waals surface area contributed by atoms with E-state index in [2.05, 4.69) is 44.7 Å². The fraction of sp³-hybridized carbons (Fsp3) is 0.517. The lowest BCUT2D eigenvalue weighted by Crippen LogP contribution is -2.63. The van der Waals surface area contributed by atoms with E-state index in [0.717, 1.165) is 18.7 Å². The van der Waals surface area contributed by atoms with Crippen LogP contribution < -0.4 is 15.5 Å². The number of rotatable bonds is 7. The number of aryl methyl sites for hydroxylation is 1. The van der Waals surface area contributed by atoms with Gasteiger partial charge in [-0.25, -0.2) is 0 Å². The minimum absolute atomic E-state index is 0.0188. The van der Waals surface area contributed by atoms with Crippen LogP contribution in [0.3, 0.4) is 0 Å². The van der Waals surface area contributed by atoms with Gasteiger partial charge in [0.15, 0.2) is 0 Å². The van der Waals surface area contributed by atoms with Crippen molar-refractivity contribution in [2.45, 2.75) is 63.5 Å². The van der Waals surface area contributed by atoms with E-state index < -0.39 is 0 Å². The number of benzene rings is 2. The van der Waals surface area contributed by atoms with Gasteiger partial charge in [0.05, 0.1) is 12.6 Å². The summed E-state index contributed by atoms with van der Waals surface area (Å²) in [5, 5.41) is 5.79. The van der Waals surface area contributed by atoms with Gasteiger partial charge in [-0.3, -0.25) is 14.5 Å². The van der Waals surface area contributed by atoms with Gasteiger partial charge in [0.25, 0.3) is 5.91 Å². The Morgan fingerprint density at radius 3 is 2.34 bits per heavy atom. The summed E-state index contributed by atoms with van der Waals surface area (Å²) in [5.74, 6) is 0.353. The fourth-order valence-corrected chi connectivity index (χ4v) is 5.94. The first-order chi connectivity index (χ1) is 17.0. The van der Waals surface area contributed by atoms with Crippen LogP contribution in [0, 0.1) is 6.92 Å². The Morgan fingerprint density at radius 1 is 0.943 bits per heavy atom. The van der Waals surface area contributed by atoms with Crippen molar-refractivity contribution in [1.82, 2.24) is 15.5 Å². The number of carbonyl (C=O) groups is 2. The van der Waals surface area contributed by atoms with E-state index in [9.17, 15) is 9.59 Å². The molecule has 3 aliphatic rings. The second-order valence-electron chi connectivity index (χ2n) is 10.6. The zero-order valence-electron chi connectivity index (χ0n) is 20.8. The molecule has 2 aromatic rings. The van der Waals surface area contributed by atoms with Crippen LogP contribution in [0.1, 0.15) is 65.9 Å². The van der Waals surface area contributed by atoms with Crippen LogP contribution in [0.25, 0.3) is 0 Å². The van der Waals surface area contributed by atoms with Crippen LogP contribution in [-0.2, 0) is 4.79 Å². The van der Waals surface area contributed by atoms with Crippen LogP contribution in [0.2, 0.25) is 0 Å². The predicted octanol–water partition coefficient (Wildman–Crippen LogP) is 3.85. The molecule has 2 aliphatic heterocycles. The molecule has 6 heteroatoms. The minimum Gasteiger partial charge on any atom is -0.372 e. The molecule has 0 radical (unpaired) electrons. The molecule has 3 fully saturated rings. The molecular formula is C29H38N4O2. The first-order valence-corrected chi connectivity index (χ1v) is 13.3. The summed E-state index contributed by atoms with van der Waals surface area (Å²) in [4.78, 5) is 29.5. The van der Waals surface area contributed by atoms with Gasteiger partial charge in [-0.1, -0.05) is 29.8 Å². The maximum absolute atomic E-state index is 12.3. The molecule has 2 saturated heterocycles. The highest BCUT2D eigenvalue weighted by Gasteiger charge is 2.35. The zero-order chi connectivity index (χ0) is 24.2. The fourth-order valence-electron chi connectivity index (χ4n) is 5.94. The maximum Gasteiger partial charge on any atom is 0.251 e. The standard InChI is InChI=1S/C29H38N4O2/c1-21-5-4-6-24(17-21)29(35)30-18-28(34)31-25-19-33(20-25)27-13-9-23(10-14-27)22-7-11-26(12-8-22)32-15-2-3-16-32/h4-8,11-12,17,23,25,27H,2-3,9-10,13-16,18-20H2,1H3,(H,30,35)(H,31,34)/t23-,27+. The van der Waals surface area contributed by atoms with Gasteiger partial charge in [-0.05, 0) is 81.2 Å². The molecule has 5 rings (SSSR count). The number of anilines is 1. The average Bonchev–Trinajstić information content (AvgIpc) is 3.40. The van der Waals surface area contributed by atoms with E-state index in [-0.39, 0.29) is 24.4 Å². The Hall–Kier alpha value is -2.86. The average molecular weight is 475 g/mol. The monoisotopic (exact) mass is 474 g/mol. The van der Waals surface area contributed by atoms with Crippen molar-refractivity contribution in [1.29, 1.82) is 0 Å². The van der Waals surface area contributed by atoms with E-state index in [1.165, 1.54) is 62.9 Å². The van der Waals surface area contributed by atoms with Gasteiger partial charge in [-0.2, -0.15) is 0 Å². The van der Waals surface area contributed by atoms with Gasteiger partial charge >= 0.3 is 0 Å². The summed E-state index contributed by atoms with van der Waals surface area (Å²) >= 11 is 0. The van der Waals surface area contributed by atoms with Crippen LogP contribution in [-0.4, -0.2) is 61.5 Å². The number of carbonyl (C=O) groups excluding carboxylic acids is 2. The molecule has 6 nitrogen and oxygen atoms in total. The Kier molecular flexibility index (Phi) is 7.37. The highest BCUT2D eigenvalue weighted by molar-refractivity contribution is 5.96. The molecule has 0 bridgehead atoms. The molecule has 2 N–H and O–H groups in total. The highest BCUT2D eigenvalue weighted by Crippen LogP contribution is 2.36. The Bertz CT molecular complexity index is 1020. The van der Waals surface area contributed by atoms with Gasteiger partial charge in [0.2, 0.25) is 5.91 Å². The summed E-state index contributed by atoms with van der Waals surface area (Å²) in [6.45, 7) is 6.19. The van der Waals surface area contributed by atoms with Crippen molar-refractivity contribution in [2.75, 3.05) is 37.6 Å². The van der Waals surface area contributed by atoms with E-state index in [4.69, 9.17) is 0 Å². The molecule has 2 amide bonds. The maximum atomic E-state index is 12.3. The summed E-state index contributed by atoms with van der Waals surface area (Å²) < 4.78 is 0. The van der Waals surface area contributed by atoms with Crippen molar-refractivity contribution in [3.8, 4) is 0 Å². The molecule has 0 aromatic heterocycles. The summed E-state index contributed by atoms with van der Waals surface area (Å²) in [7, 11) is 0. The van der Waals surface area contributed by atoms with Crippen LogP contribution >= 0.6 is 0 Å². The molecule has 0 unspecified atom stereocenters. The number of likely N-dealkylation sites (tertiary alicyclic amines) is 1. The molecule has 2 heterocycles. The van der Waals surface area contributed by atoms with Crippen LogP contribution in [0.4, 0.5) is 5.69 Å². The number of nitrogens with zero attached hydrogens (tertiary/aromatic N) is 2. The topological polar surface area (TPSA) is 64.7 Å². The van der Waals surface area contributed by atoms with Gasteiger partial charge in [0, 0.05) is 43.5 Å². The highest BCUT2D eigenvalue weighted by atomic mass is 16.2. The number of amides is 2. The third-order valence-electron chi connectivity index (χ3n) is 8.01. The van der Waals surface area contributed by atoms with Crippen molar-refractivity contribution >= 4 is 17.5 Å². The molecule has 35 heavy (non-hydrogen) atoms. The predicted molar refractivity (Wildman–Crippen MR) is 140 cm³/mol. The van der Waals surface area contributed by atoms with Crippen molar-refractivity contribution in [2.24, 2.45) is 0 Å². The SMILES string of the molecule is Cc1cccc(C(=O)NCC(=O)NC2CN([C@H]3CC[C@@H](c4ccc(N5CCCC5)cc4)CC3)C2)c1. The number of hydrogen-bond acceptors (Lipinski definition) is 4. The third kappa shape index (κ3) is 5.87. The van der Waals surface area contributed by atoms with E-state index in [1.807, 2.05) is 25.1 Å². The van der Waals surface area contributed by atoms with E-state index in [0.29, 0.717) is 17.5 Å². The summed E-state index contributed by atoms with van der Waals surface area (Å²) in [5.41, 5.74) is 4.49. The molecule has 2 aromatic carbocycles. The van der Waals surface area contributed by atoms with Crippen LogP contribution in [0.15, 0.2) is 48.5 Å². The normalized spacial score (nSPS) is 23.1. The largest absolute Gasteiger partial charge is 0.372 e. The summed E-state index contributed by atoms with van der Waals surface area (Å²) in [6, 6.07) is 17.6.